The highest BCUT2D eigenvalue weighted by molar-refractivity contribution is 5.18. The van der Waals surface area contributed by atoms with Crippen molar-refractivity contribution in [1.82, 2.24) is 5.32 Å². The molecular formula is C17H23NO. The van der Waals surface area contributed by atoms with Crippen LogP contribution in [-0.4, -0.2) is 12.8 Å². The number of allylic oxidation sites excluding steroid dienone is 3. The fourth-order valence-corrected chi connectivity index (χ4v) is 1.58. The summed E-state index contributed by atoms with van der Waals surface area (Å²) >= 11 is 0. The van der Waals surface area contributed by atoms with Crippen molar-refractivity contribution >= 4 is 0 Å². The van der Waals surface area contributed by atoms with Gasteiger partial charge in [0, 0.05) is 6.54 Å². The van der Waals surface area contributed by atoms with Crippen LogP contribution in [-0.2, 0) is 11.3 Å². The maximum atomic E-state index is 5.72. The van der Waals surface area contributed by atoms with Crippen molar-refractivity contribution in [2.75, 3.05) is 6.54 Å². The Balaban J connectivity index is 2.14. The molecule has 2 heteroatoms. The highest BCUT2D eigenvalue weighted by Gasteiger charge is 2.01. The average molecular weight is 257 g/mol. The van der Waals surface area contributed by atoms with E-state index in [1.165, 1.54) is 5.56 Å². The third-order valence-corrected chi connectivity index (χ3v) is 2.69. The van der Waals surface area contributed by atoms with Gasteiger partial charge in [-0.1, -0.05) is 67.3 Å². The fourth-order valence-electron chi connectivity index (χ4n) is 1.58. The predicted octanol–water partition coefficient (Wildman–Crippen LogP) is 3.83. The van der Waals surface area contributed by atoms with Gasteiger partial charge in [0.2, 0.25) is 0 Å². The molecule has 0 radical (unpaired) electrons. The van der Waals surface area contributed by atoms with Crippen LogP contribution in [0.3, 0.4) is 0 Å². The van der Waals surface area contributed by atoms with E-state index in [4.69, 9.17) is 4.74 Å². The highest BCUT2D eigenvalue weighted by Crippen LogP contribution is 2.03. The Hall–Kier alpha value is -1.64. The van der Waals surface area contributed by atoms with Gasteiger partial charge in [0.15, 0.2) is 0 Å². The van der Waals surface area contributed by atoms with E-state index in [9.17, 15) is 0 Å². The van der Waals surface area contributed by atoms with Gasteiger partial charge >= 0.3 is 0 Å². The second kappa shape index (κ2) is 9.31. The SMILES string of the molecule is C=CC=CC(=C)CCNC(C)OCc1ccccc1. The van der Waals surface area contributed by atoms with Crippen LogP contribution in [0, 0.1) is 0 Å². The molecule has 0 amide bonds. The molecule has 0 spiro atoms. The summed E-state index contributed by atoms with van der Waals surface area (Å²) in [6.07, 6.45) is 6.58. The zero-order chi connectivity index (χ0) is 13.9. The summed E-state index contributed by atoms with van der Waals surface area (Å²) < 4.78 is 5.72. The molecule has 0 aliphatic carbocycles. The molecular weight excluding hydrogens is 234 g/mol. The van der Waals surface area contributed by atoms with Gasteiger partial charge < -0.3 is 4.74 Å². The zero-order valence-corrected chi connectivity index (χ0v) is 11.6. The maximum Gasteiger partial charge on any atom is 0.105 e. The van der Waals surface area contributed by atoms with Gasteiger partial charge in [0.1, 0.15) is 6.23 Å². The van der Waals surface area contributed by atoms with Crippen molar-refractivity contribution in [2.24, 2.45) is 0 Å². The Kier molecular flexibility index (Phi) is 7.56. The molecule has 2 nitrogen and oxygen atoms in total. The molecule has 1 atom stereocenters. The number of ether oxygens (including phenoxy) is 1. The van der Waals surface area contributed by atoms with Crippen molar-refractivity contribution < 1.29 is 4.74 Å². The summed E-state index contributed by atoms with van der Waals surface area (Å²) in [4.78, 5) is 0. The molecule has 1 rings (SSSR count). The normalized spacial score (nSPS) is 12.5. The lowest BCUT2D eigenvalue weighted by atomic mass is 10.2. The number of rotatable bonds is 9. The van der Waals surface area contributed by atoms with Gasteiger partial charge in [0.25, 0.3) is 0 Å². The van der Waals surface area contributed by atoms with Crippen LogP contribution in [0.4, 0.5) is 0 Å². The zero-order valence-electron chi connectivity index (χ0n) is 11.6. The van der Waals surface area contributed by atoms with Gasteiger partial charge in [-0.15, -0.1) is 0 Å². The lowest BCUT2D eigenvalue weighted by molar-refractivity contribution is 0.0309. The maximum absolute atomic E-state index is 5.72. The molecule has 0 bridgehead atoms. The largest absolute Gasteiger partial charge is 0.359 e. The third-order valence-electron chi connectivity index (χ3n) is 2.69. The Labute approximate surface area is 116 Å². The lowest BCUT2D eigenvalue weighted by Gasteiger charge is -2.15. The predicted molar refractivity (Wildman–Crippen MR) is 81.8 cm³/mol. The first-order chi connectivity index (χ1) is 9.22. The smallest absolute Gasteiger partial charge is 0.105 e. The minimum absolute atomic E-state index is 0.0383. The molecule has 1 aromatic carbocycles. The monoisotopic (exact) mass is 257 g/mol. The van der Waals surface area contributed by atoms with Crippen molar-refractivity contribution in [1.29, 1.82) is 0 Å². The van der Waals surface area contributed by atoms with Gasteiger partial charge in [0.05, 0.1) is 6.61 Å². The average Bonchev–Trinajstić information content (AvgIpc) is 2.44. The van der Waals surface area contributed by atoms with Crippen LogP contribution < -0.4 is 5.32 Å². The number of benzene rings is 1. The van der Waals surface area contributed by atoms with Crippen LogP contribution in [0.2, 0.25) is 0 Å². The Morgan fingerprint density at radius 2 is 2.11 bits per heavy atom. The van der Waals surface area contributed by atoms with Gasteiger partial charge in [-0.25, -0.2) is 0 Å². The molecule has 1 aromatic rings. The van der Waals surface area contributed by atoms with Crippen molar-refractivity contribution in [3.05, 3.63) is 72.9 Å². The second-order valence-electron chi connectivity index (χ2n) is 4.40. The summed E-state index contributed by atoms with van der Waals surface area (Å²) in [6.45, 7) is 11.1. The molecule has 0 saturated carbocycles. The van der Waals surface area contributed by atoms with E-state index >= 15 is 0 Å². The molecule has 0 heterocycles. The Morgan fingerprint density at radius 1 is 1.37 bits per heavy atom. The van der Waals surface area contributed by atoms with Gasteiger partial charge in [-0.2, -0.15) is 0 Å². The van der Waals surface area contributed by atoms with Crippen LogP contribution in [0.25, 0.3) is 0 Å². The molecule has 1 unspecified atom stereocenters. The molecule has 1 N–H and O–H groups in total. The van der Waals surface area contributed by atoms with E-state index in [0.29, 0.717) is 6.61 Å². The minimum Gasteiger partial charge on any atom is -0.359 e. The van der Waals surface area contributed by atoms with Crippen molar-refractivity contribution in [3.63, 3.8) is 0 Å². The highest BCUT2D eigenvalue weighted by atomic mass is 16.5. The standard InChI is InChI=1S/C17H23NO/c1-4-5-9-15(2)12-13-18-16(3)19-14-17-10-7-6-8-11-17/h4-11,16,18H,1-2,12-14H2,3H3. The molecule has 0 aliphatic rings. The first-order valence-electron chi connectivity index (χ1n) is 6.58. The summed E-state index contributed by atoms with van der Waals surface area (Å²) in [5.41, 5.74) is 2.28. The van der Waals surface area contributed by atoms with Crippen LogP contribution >= 0.6 is 0 Å². The lowest BCUT2D eigenvalue weighted by Crippen LogP contribution is -2.29. The number of hydrogen-bond donors (Lipinski definition) is 1. The summed E-state index contributed by atoms with van der Waals surface area (Å²) in [7, 11) is 0. The van der Waals surface area contributed by atoms with Crippen molar-refractivity contribution in [2.45, 2.75) is 26.2 Å². The minimum atomic E-state index is 0.0383. The van der Waals surface area contributed by atoms with Crippen LogP contribution in [0.15, 0.2) is 67.3 Å². The Morgan fingerprint density at radius 3 is 2.79 bits per heavy atom. The second-order valence-corrected chi connectivity index (χ2v) is 4.40. The first kappa shape index (κ1) is 15.4. The Bertz CT molecular complexity index is 409. The molecule has 0 aromatic heterocycles. The van der Waals surface area contributed by atoms with Gasteiger partial charge in [-0.05, 0) is 18.9 Å². The summed E-state index contributed by atoms with van der Waals surface area (Å²) in [6, 6.07) is 10.2. The molecule has 0 aliphatic heterocycles. The number of hydrogen-bond acceptors (Lipinski definition) is 2. The number of nitrogens with one attached hydrogen (secondary N) is 1. The molecule has 0 saturated heterocycles. The van der Waals surface area contributed by atoms with E-state index in [2.05, 4.69) is 30.6 Å². The van der Waals surface area contributed by atoms with Crippen LogP contribution in [0.5, 0.6) is 0 Å². The van der Waals surface area contributed by atoms with E-state index < -0.39 is 0 Å². The molecule has 0 fully saturated rings. The topological polar surface area (TPSA) is 21.3 Å². The molecule has 102 valence electrons. The van der Waals surface area contributed by atoms with E-state index in [-0.39, 0.29) is 6.23 Å². The fraction of sp³-hybridized carbons (Fsp3) is 0.294. The summed E-state index contributed by atoms with van der Waals surface area (Å²) in [5, 5.41) is 3.32. The van der Waals surface area contributed by atoms with E-state index in [1.807, 2.05) is 37.3 Å². The van der Waals surface area contributed by atoms with Gasteiger partial charge in [-0.3, -0.25) is 5.32 Å². The van der Waals surface area contributed by atoms with E-state index in [0.717, 1.165) is 18.5 Å². The molecule has 19 heavy (non-hydrogen) atoms. The first-order valence-corrected chi connectivity index (χ1v) is 6.58. The summed E-state index contributed by atoms with van der Waals surface area (Å²) in [5.74, 6) is 0. The quantitative estimate of drug-likeness (QED) is 0.536. The van der Waals surface area contributed by atoms with E-state index in [1.54, 1.807) is 6.08 Å². The third kappa shape index (κ3) is 7.39. The van der Waals surface area contributed by atoms with Crippen LogP contribution in [0.1, 0.15) is 18.9 Å². The van der Waals surface area contributed by atoms with Crippen molar-refractivity contribution in [3.8, 4) is 0 Å².